The number of anilines is 1. The lowest BCUT2D eigenvalue weighted by atomic mass is 10.0. The molecule has 0 aliphatic carbocycles. The van der Waals surface area contributed by atoms with Gasteiger partial charge in [0.25, 0.3) is 11.8 Å². The molecule has 2 aliphatic heterocycles. The van der Waals surface area contributed by atoms with Crippen LogP contribution >= 0.6 is 11.3 Å². The molecule has 0 radical (unpaired) electrons. The molecule has 6 nitrogen and oxygen atoms in total. The van der Waals surface area contributed by atoms with Gasteiger partial charge in [0, 0.05) is 11.4 Å². The standard InChI is InChI=1S/C21H23N3O3S/c1-14(19(25)22-13-15-7-6-12-28-15)24-17-9-3-2-8-16(17)20(26)23-11-5-4-10-18(23)21(24)27/h2-3,6-9,12,14,18H,4-5,10-11,13H2,1H3,(H,22,25). The Morgan fingerprint density at radius 3 is 2.82 bits per heavy atom. The van der Waals surface area contributed by atoms with E-state index in [0.717, 1.165) is 17.7 Å². The molecule has 1 aromatic carbocycles. The molecule has 7 heteroatoms. The molecule has 1 N–H and O–H groups in total. The number of piperidine rings is 1. The predicted octanol–water partition coefficient (Wildman–Crippen LogP) is 2.79. The van der Waals surface area contributed by atoms with Crippen LogP contribution in [0.5, 0.6) is 0 Å². The summed E-state index contributed by atoms with van der Waals surface area (Å²) in [5.41, 5.74) is 1.00. The van der Waals surface area contributed by atoms with E-state index in [1.807, 2.05) is 17.5 Å². The first-order valence-corrected chi connectivity index (χ1v) is 10.5. The second-order valence-electron chi connectivity index (χ2n) is 7.21. The number of rotatable bonds is 4. The minimum Gasteiger partial charge on any atom is -0.349 e. The summed E-state index contributed by atoms with van der Waals surface area (Å²) in [5.74, 6) is -0.521. The number of thiophene rings is 1. The zero-order valence-electron chi connectivity index (χ0n) is 15.8. The minimum absolute atomic E-state index is 0.123. The number of fused-ring (bicyclic) bond motifs is 2. The normalized spacial score (nSPS) is 20.2. The monoisotopic (exact) mass is 397 g/mol. The van der Waals surface area contributed by atoms with Gasteiger partial charge >= 0.3 is 0 Å². The lowest BCUT2D eigenvalue weighted by Gasteiger charge is -2.35. The van der Waals surface area contributed by atoms with Gasteiger partial charge in [0.1, 0.15) is 12.1 Å². The van der Waals surface area contributed by atoms with E-state index in [0.29, 0.717) is 30.8 Å². The summed E-state index contributed by atoms with van der Waals surface area (Å²) < 4.78 is 0. The van der Waals surface area contributed by atoms with E-state index in [4.69, 9.17) is 0 Å². The summed E-state index contributed by atoms with van der Waals surface area (Å²) >= 11 is 1.57. The van der Waals surface area contributed by atoms with Gasteiger partial charge in [-0.15, -0.1) is 11.3 Å². The Hall–Kier alpha value is -2.67. The van der Waals surface area contributed by atoms with Crippen molar-refractivity contribution >= 4 is 34.7 Å². The van der Waals surface area contributed by atoms with Crippen LogP contribution in [0.3, 0.4) is 0 Å². The van der Waals surface area contributed by atoms with Crippen LogP contribution in [0.4, 0.5) is 5.69 Å². The fourth-order valence-corrected chi connectivity index (χ4v) is 4.63. The number of carbonyl (C=O) groups is 3. The Balaban J connectivity index is 1.65. The van der Waals surface area contributed by atoms with E-state index in [9.17, 15) is 14.4 Å². The van der Waals surface area contributed by atoms with Gasteiger partial charge < -0.3 is 10.2 Å². The highest BCUT2D eigenvalue weighted by molar-refractivity contribution is 7.09. The molecule has 4 rings (SSSR count). The average Bonchev–Trinajstić information content (AvgIpc) is 3.22. The largest absolute Gasteiger partial charge is 0.349 e. The van der Waals surface area contributed by atoms with Crippen molar-refractivity contribution in [3.05, 3.63) is 52.2 Å². The summed E-state index contributed by atoms with van der Waals surface area (Å²) in [6.45, 7) is 2.73. The van der Waals surface area contributed by atoms with Gasteiger partial charge in [-0.1, -0.05) is 18.2 Å². The molecule has 3 amide bonds. The molecule has 1 saturated heterocycles. The van der Waals surface area contributed by atoms with Crippen molar-refractivity contribution in [3.63, 3.8) is 0 Å². The molecule has 0 bridgehead atoms. The van der Waals surface area contributed by atoms with Crippen LogP contribution in [0.1, 0.15) is 41.4 Å². The van der Waals surface area contributed by atoms with Crippen molar-refractivity contribution in [2.45, 2.75) is 44.8 Å². The third kappa shape index (κ3) is 3.30. The van der Waals surface area contributed by atoms with Crippen LogP contribution in [0.2, 0.25) is 0 Å². The van der Waals surface area contributed by atoms with Gasteiger partial charge in [-0.25, -0.2) is 0 Å². The summed E-state index contributed by atoms with van der Waals surface area (Å²) in [7, 11) is 0. The van der Waals surface area contributed by atoms with Gasteiger partial charge in [-0.3, -0.25) is 19.3 Å². The van der Waals surface area contributed by atoms with Crippen LogP contribution in [0.15, 0.2) is 41.8 Å². The topological polar surface area (TPSA) is 69.7 Å². The summed E-state index contributed by atoms with van der Waals surface area (Å²) in [5, 5.41) is 4.88. The Bertz CT molecular complexity index is 896. The average molecular weight is 398 g/mol. The number of benzene rings is 1. The van der Waals surface area contributed by atoms with Crippen LogP contribution in [-0.2, 0) is 16.1 Å². The van der Waals surface area contributed by atoms with Crippen LogP contribution in [0.25, 0.3) is 0 Å². The smallest absolute Gasteiger partial charge is 0.256 e. The van der Waals surface area contributed by atoms with Gasteiger partial charge in [-0.2, -0.15) is 0 Å². The third-order valence-electron chi connectivity index (χ3n) is 5.46. The fourth-order valence-electron chi connectivity index (χ4n) is 3.98. The van der Waals surface area contributed by atoms with Crippen LogP contribution < -0.4 is 10.2 Å². The minimum atomic E-state index is -0.705. The molecule has 1 fully saturated rings. The molecule has 3 heterocycles. The van der Waals surface area contributed by atoms with Crippen LogP contribution in [-0.4, -0.2) is 41.2 Å². The van der Waals surface area contributed by atoms with Gasteiger partial charge in [0.05, 0.1) is 17.8 Å². The summed E-state index contributed by atoms with van der Waals surface area (Å²) in [6.07, 6.45) is 2.44. The Morgan fingerprint density at radius 2 is 2.04 bits per heavy atom. The van der Waals surface area contributed by atoms with Crippen molar-refractivity contribution in [1.82, 2.24) is 10.2 Å². The van der Waals surface area contributed by atoms with E-state index in [-0.39, 0.29) is 17.7 Å². The number of amides is 3. The van der Waals surface area contributed by atoms with Crippen molar-refractivity contribution in [3.8, 4) is 0 Å². The van der Waals surface area contributed by atoms with Crippen molar-refractivity contribution in [2.24, 2.45) is 0 Å². The molecule has 146 valence electrons. The Kier molecular flexibility index (Phi) is 5.17. The summed E-state index contributed by atoms with van der Waals surface area (Å²) in [4.78, 5) is 43.6. The second-order valence-corrected chi connectivity index (χ2v) is 8.24. The lowest BCUT2D eigenvalue weighted by Crippen LogP contribution is -2.55. The molecule has 1 aromatic heterocycles. The highest BCUT2D eigenvalue weighted by Gasteiger charge is 2.43. The first-order chi connectivity index (χ1) is 13.6. The quantitative estimate of drug-likeness (QED) is 0.863. The van der Waals surface area contributed by atoms with E-state index in [1.165, 1.54) is 4.90 Å². The predicted molar refractivity (Wildman–Crippen MR) is 108 cm³/mol. The van der Waals surface area contributed by atoms with E-state index >= 15 is 0 Å². The van der Waals surface area contributed by atoms with E-state index in [1.54, 1.807) is 47.4 Å². The summed E-state index contributed by atoms with van der Waals surface area (Å²) in [6, 6.07) is 9.79. The number of nitrogens with zero attached hydrogens (tertiary/aromatic N) is 2. The lowest BCUT2D eigenvalue weighted by molar-refractivity contribution is -0.128. The van der Waals surface area contributed by atoms with Crippen molar-refractivity contribution in [2.75, 3.05) is 11.4 Å². The molecule has 2 atom stereocenters. The highest BCUT2D eigenvalue weighted by atomic mass is 32.1. The van der Waals surface area contributed by atoms with Crippen molar-refractivity contribution < 1.29 is 14.4 Å². The van der Waals surface area contributed by atoms with Gasteiger partial charge in [0.15, 0.2) is 0 Å². The van der Waals surface area contributed by atoms with Gasteiger partial charge in [-0.05, 0) is 49.8 Å². The maximum Gasteiger partial charge on any atom is 0.256 e. The molecule has 28 heavy (non-hydrogen) atoms. The number of para-hydroxylation sites is 1. The van der Waals surface area contributed by atoms with Gasteiger partial charge in [0.2, 0.25) is 5.91 Å². The fraction of sp³-hybridized carbons (Fsp3) is 0.381. The molecular formula is C21H23N3O3S. The van der Waals surface area contributed by atoms with Crippen molar-refractivity contribution in [1.29, 1.82) is 0 Å². The maximum absolute atomic E-state index is 13.4. The number of hydrogen-bond donors (Lipinski definition) is 1. The second kappa shape index (κ2) is 7.75. The molecule has 2 aromatic rings. The molecule has 0 saturated carbocycles. The maximum atomic E-state index is 13.4. The highest BCUT2D eigenvalue weighted by Crippen LogP contribution is 2.33. The molecule has 2 aliphatic rings. The van der Waals surface area contributed by atoms with E-state index in [2.05, 4.69) is 5.32 Å². The first-order valence-electron chi connectivity index (χ1n) is 9.61. The van der Waals surface area contributed by atoms with Crippen LogP contribution in [0, 0.1) is 0 Å². The molecule has 0 spiro atoms. The zero-order valence-corrected chi connectivity index (χ0v) is 16.6. The molecule has 2 unspecified atom stereocenters. The van der Waals surface area contributed by atoms with E-state index < -0.39 is 12.1 Å². The third-order valence-corrected chi connectivity index (χ3v) is 6.34. The number of nitrogens with one attached hydrogen (secondary N) is 1. The zero-order chi connectivity index (χ0) is 19.7. The Morgan fingerprint density at radius 1 is 1.21 bits per heavy atom. The number of carbonyl (C=O) groups excluding carboxylic acids is 3. The SMILES string of the molecule is CC(C(=O)NCc1cccs1)N1C(=O)C2CCCCN2C(=O)c2ccccc21. The first kappa shape index (κ1) is 18.7. The molecular weight excluding hydrogens is 374 g/mol. The number of hydrogen-bond acceptors (Lipinski definition) is 4. The Labute approximate surface area is 168 Å².